The SMILES string of the molecule is O=C1c2ccccc2C(=O)N1[C@H]1CCNC[C@@H]1F. The van der Waals surface area contributed by atoms with Crippen LogP contribution in [0, 0.1) is 0 Å². The molecule has 1 N–H and O–H groups in total. The summed E-state index contributed by atoms with van der Waals surface area (Å²) in [5.41, 5.74) is 0.765. The molecule has 1 saturated heterocycles. The van der Waals surface area contributed by atoms with Crippen LogP contribution in [0.5, 0.6) is 0 Å². The largest absolute Gasteiger partial charge is 0.314 e. The summed E-state index contributed by atoms with van der Waals surface area (Å²) < 4.78 is 13.9. The van der Waals surface area contributed by atoms with E-state index >= 15 is 0 Å². The first-order chi connectivity index (χ1) is 8.70. The number of benzene rings is 1. The van der Waals surface area contributed by atoms with Gasteiger partial charge in [-0.25, -0.2) is 4.39 Å². The summed E-state index contributed by atoms with van der Waals surface area (Å²) in [7, 11) is 0. The minimum Gasteiger partial charge on any atom is -0.314 e. The van der Waals surface area contributed by atoms with Crippen molar-refractivity contribution in [1.82, 2.24) is 10.2 Å². The summed E-state index contributed by atoms with van der Waals surface area (Å²) in [4.78, 5) is 25.4. The van der Waals surface area contributed by atoms with E-state index in [0.717, 1.165) is 4.90 Å². The van der Waals surface area contributed by atoms with Crippen molar-refractivity contribution < 1.29 is 14.0 Å². The Morgan fingerprint density at radius 2 is 1.78 bits per heavy atom. The van der Waals surface area contributed by atoms with Gasteiger partial charge in [0.05, 0.1) is 17.2 Å². The van der Waals surface area contributed by atoms with Crippen molar-refractivity contribution in [3.8, 4) is 0 Å². The maximum absolute atomic E-state index is 13.9. The number of amides is 2. The van der Waals surface area contributed by atoms with Gasteiger partial charge in [0.2, 0.25) is 0 Å². The van der Waals surface area contributed by atoms with E-state index in [9.17, 15) is 14.0 Å². The topological polar surface area (TPSA) is 49.4 Å². The van der Waals surface area contributed by atoms with E-state index < -0.39 is 12.2 Å². The van der Waals surface area contributed by atoms with Crippen LogP contribution >= 0.6 is 0 Å². The van der Waals surface area contributed by atoms with Gasteiger partial charge in [-0.15, -0.1) is 0 Å². The fourth-order valence-corrected chi connectivity index (χ4v) is 2.61. The highest BCUT2D eigenvalue weighted by Gasteiger charge is 2.43. The number of imide groups is 1. The highest BCUT2D eigenvalue weighted by atomic mass is 19.1. The molecule has 2 aliphatic heterocycles. The minimum absolute atomic E-state index is 0.193. The Labute approximate surface area is 104 Å². The van der Waals surface area contributed by atoms with Crippen LogP contribution in [0.3, 0.4) is 0 Å². The van der Waals surface area contributed by atoms with Crippen molar-refractivity contribution in [3.05, 3.63) is 35.4 Å². The first-order valence-corrected chi connectivity index (χ1v) is 6.02. The van der Waals surface area contributed by atoms with Gasteiger partial charge in [-0.2, -0.15) is 0 Å². The molecule has 0 bridgehead atoms. The lowest BCUT2D eigenvalue weighted by atomic mass is 10.0. The van der Waals surface area contributed by atoms with E-state index in [1.807, 2.05) is 0 Å². The van der Waals surface area contributed by atoms with Crippen molar-refractivity contribution in [2.24, 2.45) is 0 Å². The molecule has 0 spiro atoms. The van der Waals surface area contributed by atoms with E-state index in [0.29, 0.717) is 24.1 Å². The molecule has 4 nitrogen and oxygen atoms in total. The second kappa shape index (κ2) is 4.17. The van der Waals surface area contributed by atoms with Gasteiger partial charge in [-0.05, 0) is 25.1 Å². The zero-order valence-electron chi connectivity index (χ0n) is 9.73. The Bertz CT molecular complexity index is 482. The molecule has 1 fully saturated rings. The first-order valence-electron chi connectivity index (χ1n) is 6.02. The molecule has 2 heterocycles. The van der Waals surface area contributed by atoms with Gasteiger partial charge in [-0.3, -0.25) is 14.5 Å². The van der Waals surface area contributed by atoms with E-state index in [2.05, 4.69) is 5.32 Å². The summed E-state index contributed by atoms with van der Waals surface area (Å²) in [5.74, 6) is -0.740. The van der Waals surface area contributed by atoms with Crippen LogP contribution in [0.25, 0.3) is 0 Å². The zero-order valence-corrected chi connectivity index (χ0v) is 9.73. The molecular weight excluding hydrogens is 235 g/mol. The highest BCUT2D eigenvalue weighted by Crippen LogP contribution is 2.28. The fraction of sp³-hybridized carbons (Fsp3) is 0.385. The highest BCUT2D eigenvalue weighted by molar-refractivity contribution is 6.21. The second-order valence-corrected chi connectivity index (χ2v) is 4.60. The van der Waals surface area contributed by atoms with Gasteiger partial charge in [0, 0.05) is 6.54 Å². The average molecular weight is 248 g/mol. The normalized spacial score (nSPS) is 27.5. The number of carbonyl (C=O) groups excluding carboxylic acids is 2. The van der Waals surface area contributed by atoms with Crippen molar-refractivity contribution >= 4 is 11.8 Å². The minimum atomic E-state index is -1.19. The first kappa shape index (κ1) is 11.3. The lowest BCUT2D eigenvalue weighted by Gasteiger charge is -2.32. The molecule has 94 valence electrons. The molecule has 0 aromatic heterocycles. The third-order valence-electron chi connectivity index (χ3n) is 3.53. The number of carbonyl (C=O) groups is 2. The summed E-state index contributed by atoms with van der Waals surface area (Å²) in [6.45, 7) is 0.816. The van der Waals surface area contributed by atoms with Gasteiger partial charge in [0.1, 0.15) is 6.17 Å². The van der Waals surface area contributed by atoms with Gasteiger partial charge in [0.25, 0.3) is 11.8 Å². The van der Waals surface area contributed by atoms with Crippen LogP contribution in [0.4, 0.5) is 4.39 Å². The van der Waals surface area contributed by atoms with E-state index in [4.69, 9.17) is 0 Å². The average Bonchev–Trinajstić information content (AvgIpc) is 2.64. The molecule has 0 aliphatic carbocycles. The smallest absolute Gasteiger partial charge is 0.261 e. The van der Waals surface area contributed by atoms with E-state index in [1.54, 1.807) is 24.3 Å². The third kappa shape index (κ3) is 1.54. The lowest BCUT2D eigenvalue weighted by molar-refractivity contribution is 0.0439. The number of nitrogens with one attached hydrogen (secondary N) is 1. The van der Waals surface area contributed by atoms with E-state index in [-0.39, 0.29) is 18.4 Å². The Morgan fingerprint density at radius 3 is 2.33 bits per heavy atom. The molecular formula is C13H13FN2O2. The molecule has 2 atom stereocenters. The van der Waals surface area contributed by atoms with Gasteiger partial charge >= 0.3 is 0 Å². The van der Waals surface area contributed by atoms with Gasteiger partial charge in [-0.1, -0.05) is 12.1 Å². The van der Waals surface area contributed by atoms with Crippen LogP contribution in [0.1, 0.15) is 27.1 Å². The third-order valence-corrected chi connectivity index (χ3v) is 3.53. The quantitative estimate of drug-likeness (QED) is 0.754. The Morgan fingerprint density at radius 1 is 1.17 bits per heavy atom. The number of rotatable bonds is 1. The Hall–Kier alpha value is -1.75. The van der Waals surface area contributed by atoms with Crippen LogP contribution in [-0.2, 0) is 0 Å². The molecule has 0 radical (unpaired) electrons. The number of fused-ring (bicyclic) bond motifs is 1. The summed E-state index contributed by atoms with van der Waals surface area (Å²) in [6.07, 6.45) is -0.729. The summed E-state index contributed by atoms with van der Waals surface area (Å²) >= 11 is 0. The maximum Gasteiger partial charge on any atom is 0.261 e. The fourth-order valence-electron chi connectivity index (χ4n) is 2.61. The maximum atomic E-state index is 13.9. The lowest BCUT2D eigenvalue weighted by Crippen LogP contribution is -2.53. The molecule has 0 unspecified atom stereocenters. The molecule has 2 aliphatic rings. The monoisotopic (exact) mass is 248 g/mol. The number of nitrogens with zero attached hydrogens (tertiary/aromatic N) is 1. The number of piperidine rings is 1. The standard InChI is InChI=1S/C13H13FN2O2/c14-10-7-15-6-5-11(10)16-12(17)8-3-1-2-4-9(8)13(16)18/h1-4,10-11,15H,5-7H2/t10-,11-/m0/s1. The van der Waals surface area contributed by atoms with Crippen molar-refractivity contribution in [2.45, 2.75) is 18.6 Å². The number of halogens is 1. The van der Waals surface area contributed by atoms with E-state index in [1.165, 1.54) is 0 Å². The molecule has 5 heteroatoms. The van der Waals surface area contributed by atoms with Crippen LogP contribution in [0.2, 0.25) is 0 Å². The number of hydrogen-bond donors (Lipinski definition) is 1. The summed E-state index contributed by atoms with van der Waals surface area (Å²) in [5, 5.41) is 2.91. The molecule has 1 aromatic carbocycles. The van der Waals surface area contributed by atoms with Crippen molar-refractivity contribution in [3.63, 3.8) is 0 Å². The molecule has 1 aromatic rings. The number of alkyl halides is 1. The van der Waals surface area contributed by atoms with Crippen molar-refractivity contribution in [1.29, 1.82) is 0 Å². The van der Waals surface area contributed by atoms with Crippen LogP contribution < -0.4 is 5.32 Å². The second-order valence-electron chi connectivity index (χ2n) is 4.60. The predicted molar refractivity (Wildman–Crippen MR) is 63.1 cm³/mol. The molecule has 2 amide bonds. The van der Waals surface area contributed by atoms with Crippen LogP contribution in [-0.4, -0.2) is 42.0 Å². The Balaban J connectivity index is 1.96. The van der Waals surface area contributed by atoms with Crippen LogP contribution in [0.15, 0.2) is 24.3 Å². The molecule has 0 saturated carbocycles. The molecule has 18 heavy (non-hydrogen) atoms. The zero-order chi connectivity index (χ0) is 12.7. The molecule has 3 rings (SSSR count). The summed E-state index contributed by atoms with van der Waals surface area (Å²) in [6, 6.07) is 6.01. The Kier molecular flexibility index (Phi) is 2.63. The number of hydrogen-bond acceptors (Lipinski definition) is 3. The van der Waals surface area contributed by atoms with Gasteiger partial charge in [0.15, 0.2) is 0 Å². The van der Waals surface area contributed by atoms with Gasteiger partial charge < -0.3 is 5.32 Å². The predicted octanol–water partition coefficient (Wildman–Crippen LogP) is 0.983. The van der Waals surface area contributed by atoms with Crippen molar-refractivity contribution in [2.75, 3.05) is 13.1 Å².